The Morgan fingerprint density at radius 1 is 1.05 bits per heavy atom. The molecule has 2 aromatic heterocycles. The highest BCUT2D eigenvalue weighted by Gasteiger charge is 2.23. The molecular weight excluding hydrogens is 250 g/mol. The van der Waals surface area contributed by atoms with Gasteiger partial charge in [0.15, 0.2) is 0 Å². The van der Waals surface area contributed by atoms with E-state index in [2.05, 4.69) is 37.8 Å². The molecule has 20 heavy (non-hydrogen) atoms. The molecule has 3 heterocycles. The zero-order valence-electron chi connectivity index (χ0n) is 12.0. The Morgan fingerprint density at radius 3 is 2.55 bits per heavy atom. The molecule has 1 saturated heterocycles. The van der Waals surface area contributed by atoms with E-state index in [0.717, 1.165) is 37.4 Å². The number of hydrogen-bond donors (Lipinski definition) is 0. The molecule has 5 nitrogen and oxygen atoms in total. The van der Waals surface area contributed by atoms with Gasteiger partial charge in [0.2, 0.25) is 0 Å². The quantitative estimate of drug-likeness (QED) is 0.837. The van der Waals surface area contributed by atoms with Crippen molar-refractivity contribution in [3.8, 4) is 0 Å². The molecule has 1 aliphatic heterocycles. The van der Waals surface area contributed by atoms with Gasteiger partial charge in [-0.25, -0.2) is 19.9 Å². The Hall–Kier alpha value is -2.04. The molecule has 0 aromatic carbocycles. The van der Waals surface area contributed by atoms with E-state index in [1.54, 1.807) is 12.7 Å². The third-order valence-corrected chi connectivity index (χ3v) is 3.93. The predicted molar refractivity (Wildman–Crippen MR) is 77.7 cm³/mol. The first kappa shape index (κ1) is 13.0. The summed E-state index contributed by atoms with van der Waals surface area (Å²) in [5, 5.41) is 0. The van der Waals surface area contributed by atoms with E-state index in [9.17, 15) is 0 Å². The van der Waals surface area contributed by atoms with E-state index >= 15 is 0 Å². The number of nitrogens with zero attached hydrogens (tertiary/aromatic N) is 5. The maximum atomic E-state index is 4.46. The maximum absolute atomic E-state index is 4.46. The lowest BCUT2D eigenvalue weighted by molar-refractivity contribution is 0.490. The SMILES string of the molecule is Cc1cc(N2CCC(c3ncncc3C)CC2)ncn1. The Kier molecular flexibility index (Phi) is 3.58. The minimum atomic E-state index is 0.539. The molecule has 0 saturated carbocycles. The molecule has 3 rings (SSSR count). The fourth-order valence-electron chi connectivity index (χ4n) is 2.83. The monoisotopic (exact) mass is 269 g/mol. The zero-order chi connectivity index (χ0) is 13.9. The van der Waals surface area contributed by atoms with Crippen molar-refractivity contribution in [3.63, 3.8) is 0 Å². The number of aromatic nitrogens is 4. The summed E-state index contributed by atoms with van der Waals surface area (Å²) in [6.45, 7) is 6.13. The number of piperidine rings is 1. The topological polar surface area (TPSA) is 54.8 Å². The van der Waals surface area contributed by atoms with E-state index in [4.69, 9.17) is 0 Å². The smallest absolute Gasteiger partial charge is 0.132 e. The number of aryl methyl sites for hydroxylation is 2. The number of hydrogen-bond acceptors (Lipinski definition) is 5. The van der Waals surface area contributed by atoms with Crippen LogP contribution in [0, 0.1) is 13.8 Å². The van der Waals surface area contributed by atoms with Gasteiger partial charge in [0.1, 0.15) is 18.5 Å². The van der Waals surface area contributed by atoms with Gasteiger partial charge < -0.3 is 4.90 Å². The summed E-state index contributed by atoms with van der Waals surface area (Å²) in [7, 11) is 0. The highest BCUT2D eigenvalue weighted by atomic mass is 15.2. The maximum Gasteiger partial charge on any atom is 0.132 e. The molecule has 0 bridgehead atoms. The van der Waals surface area contributed by atoms with Crippen LogP contribution in [-0.2, 0) is 0 Å². The van der Waals surface area contributed by atoms with Crippen LogP contribution in [0.4, 0.5) is 5.82 Å². The van der Waals surface area contributed by atoms with Gasteiger partial charge in [-0.1, -0.05) is 0 Å². The van der Waals surface area contributed by atoms with Crippen LogP contribution in [0.25, 0.3) is 0 Å². The summed E-state index contributed by atoms with van der Waals surface area (Å²) in [5.41, 5.74) is 3.42. The average Bonchev–Trinajstić information content (AvgIpc) is 2.48. The lowest BCUT2D eigenvalue weighted by Crippen LogP contribution is -2.34. The molecule has 0 unspecified atom stereocenters. The minimum absolute atomic E-state index is 0.539. The second kappa shape index (κ2) is 5.53. The molecule has 0 amide bonds. The molecule has 104 valence electrons. The Bertz CT molecular complexity index is 590. The van der Waals surface area contributed by atoms with Crippen LogP contribution in [0.2, 0.25) is 0 Å². The highest BCUT2D eigenvalue weighted by Crippen LogP contribution is 2.29. The van der Waals surface area contributed by atoms with Gasteiger partial charge in [0.05, 0.1) is 0 Å². The second-order valence-corrected chi connectivity index (χ2v) is 5.37. The van der Waals surface area contributed by atoms with Crippen molar-refractivity contribution in [2.24, 2.45) is 0 Å². The minimum Gasteiger partial charge on any atom is -0.356 e. The van der Waals surface area contributed by atoms with E-state index < -0.39 is 0 Å². The summed E-state index contributed by atoms with van der Waals surface area (Å²) in [5.74, 6) is 1.58. The van der Waals surface area contributed by atoms with Crippen LogP contribution >= 0.6 is 0 Å². The largest absolute Gasteiger partial charge is 0.356 e. The van der Waals surface area contributed by atoms with Crippen molar-refractivity contribution in [1.82, 2.24) is 19.9 Å². The average molecular weight is 269 g/mol. The van der Waals surface area contributed by atoms with Gasteiger partial charge in [-0.05, 0) is 32.3 Å². The van der Waals surface area contributed by atoms with Crippen molar-refractivity contribution in [3.05, 3.63) is 41.9 Å². The fourth-order valence-corrected chi connectivity index (χ4v) is 2.83. The molecule has 0 atom stereocenters. The first-order chi connectivity index (χ1) is 9.74. The summed E-state index contributed by atoms with van der Waals surface area (Å²) in [6, 6.07) is 2.05. The molecule has 0 radical (unpaired) electrons. The lowest BCUT2D eigenvalue weighted by atomic mass is 9.91. The van der Waals surface area contributed by atoms with Crippen molar-refractivity contribution in [2.75, 3.05) is 18.0 Å². The van der Waals surface area contributed by atoms with Crippen molar-refractivity contribution in [1.29, 1.82) is 0 Å². The predicted octanol–water partition coefficient (Wildman–Crippen LogP) is 2.27. The third kappa shape index (κ3) is 2.61. The van der Waals surface area contributed by atoms with Crippen LogP contribution in [0.5, 0.6) is 0 Å². The van der Waals surface area contributed by atoms with E-state index in [1.807, 2.05) is 13.1 Å². The molecule has 5 heteroatoms. The molecule has 2 aromatic rings. The van der Waals surface area contributed by atoms with Gasteiger partial charge in [-0.15, -0.1) is 0 Å². The molecule has 1 aliphatic rings. The molecule has 0 spiro atoms. The highest BCUT2D eigenvalue weighted by molar-refractivity contribution is 5.39. The van der Waals surface area contributed by atoms with Crippen LogP contribution in [-0.4, -0.2) is 33.0 Å². The first-order valence-electron chi connectivity index (χ1n) is 7.04. The normalized spacial score (nSPS) is 16.4. The molecule has 0 N–H and O–H groups in total. The number of rotatable bonds is 2. The Morgan fingerprint density at radius 2 is 1.85 bits per heavy atom. The summed E-state index contributed by atoms with van der Waals surface area (Å²) in [4.78, 5) is 19.4. The van der Waals surface area contributed by atoms with E-state index in [0.29, 0.717) is 5.92 Å². The van der Waals surface area contributed by atoms with Crippen LogP contribution in [0.1, 0.15) is 35.7 Å². The van der Waals surface area contributed by atoms with Gasteiger partial charge in [-0.2, -0.15) is 0 Å². The van der Waals surface area contributed by atoms with Gasteiger partial charge in [-0.3, -0.25) is 0 Å². The van der Waals surface area contributed by atoms with Crippen LogP contribution in [0.3, 0.4) is 0 Å². The Labute approximate surface area is 119 Å². The first-order valence-corrected chi connectivity index (χ1v) is 7.04. The number of anilines is 1. The lowest BCUT2D eigenvalue weighted by Gasteiger charge is -2.32. The fraction of sp³-hybridized carbons (Fsp3) is 0.467. The molecule has 0 aliphatic carbocycles. The van der Waals surface area contributed by atoms with Gasteiger partial charge in [0.25, 0.3) is 0 Å². The van der Waals surface area contributed by atoms with Crippen molar-refractivity contribution >= 4 is 5.82 Å². The summed E-state index contributed by atoms with van der Waals surface area (Å²) >= 11 is 0. The molecule has 1 fully saturated rings. The van der Waals surface area contributed by atoms with Gasteiger partial charge >= 0.3 is 0 Å². The zero-order valence-corrected chi connectivity index (χ0v) is 12.0. The van der Waals surface area contributed by atoms with Crippen LogP contribution < -0.4 is 4.90 Å². The van der Waals surface area contributed by atoms with Crippen LogP contribution in [0.15, 0.2) is 24.9 Å². The summed E-state index contributed by atoms with van der Waals surface area (Å²) < 4.78 is 0. The standard InChI is InChI=1S/C15H19N5/c1-11-8-16-9-19-15(11)13-3-5-20(6-4-13)14-7-12(2)17-10-18-14/h7-10,13H,3-6H2,1-2H3. The second-order valence-electron chi connectivity index (χ2n) is 5.37. The van der Waals surface area contributed by atoms with Gasteiger partial charge in [0, 0.05) is 42.7 Å². The molecular formula is C15H19N5. The van der Waals surface area contributed by atoms with E-state index in [-0.39, 0.29) is 0 Å². The third-order valence-electron chi connectivity index (χ3n) is 3.93. The van der Waals surface area contributed by atoms with E-state index in [1.165, 1.54) is 11.3 Å². The van der Waals surface area contributed by atoms with Crippen molar-refractivity contribution < 1.29 is 0 Å². The Balaban J connectivity index is 1.70. The summed E-state index contributed by atoms with van der Waals surface area (Å²) in [6.07, 6.45) is 7.43. The van der Waals surface area contributed by atoms with Crippen molar-refractivity contribution in [2.45, 2.75) is 32.6 Å².